The zero-order valence-corrected chi connectivity index (χ0v) is 14.6. The molecule has 24 heavy (non-hydrogen) atoms. The molecule has 1 saturated carbocycles. The van der Waals surface area contributed by atoms with E-state index in [0.29, 0.717) is 30.2 Å². The number of aromatic nitrogens is 2. The van der Waals surface area contributed by atoms with Crippen molar-refractivity contribution in [1.82, 2.24) is 20.6 Å². The molecule has 0 spiro atoms. The van der Waals surface area contributed by atoms with Gasteiger partial charge in [-0.15, -0.1) is 11.3 Å². The molecule has 1 unspecified atom stereocenters. The molecule has 0 bridgehead atoms. The highest BCUT2D eigenvalue weighted by Crippen LogP contribution is 2.40. The smallest absolute Gasteiger partial charge is 0.262 e. The molecule has 7 heteroatoms. The summed E-state index contributed by atoms with van der Waals surface area (Å²) in [5.41, 5.74) is 1.91. The van der Waals surface area contributed by atoms with Gasteiger partial charge in [0.1, 0.15) is 10.7 Å². The number of rotatable bonds is 3. The first-order valence-electron chi connectivity index (χ1n) is 8.38. The number of amides is 2. The molecular weight excluding hydrogens is 324 g/mol. The Kier molecular flexibility index (Phi) is 3.75. The summed E-state index contributed by atoms with van der Waals surface area (Å²) in [4.78, 5) is 34.8. The van der Waals surface area contributed by atoms with E-state index in [1.165, 1.54) is 11.3 Å². The summed E-state index contributed by atoms with van der Waals surface area (Å²) in [5.74, 6) is 1.39. The molecule has 2 aliphatic rings. The third kappa shape index (κ3) is 2.77. The van der Waals surface area contributed by atoms with Crippen LogP contribution in [0.15, 0.2) is 0 Å². The van der Waals surface area contributed by atoms with Crippen molar-refractivity contribution in [2.75, 3.05) is 6.54 Å². The van der Waals surface area contributed by atoms with E-state index >= 15 is 0 Å². The Hall–Kier alpha value is -2.02. The van der Waals surface area contributed by atoms with Crippen LogP contribution in [0.5, 0.6) is 0 Å². The van der Waals surface area contributed by atoms with Crippen LogP contribution >= 0.6 is 11.3 Å². The van der Waals surface area contributed by atoms with E-state index in [2.05, 4.69) is 20.6 Å². The molecule has 2 N–H and O–H groups in total. The third-order valence-electron chi connectivity index (χ3n) is 4.74. The van der Waals surface area contributed by atoms with Gasteiger partial charge in [0.2, 0.25) is 5.91 Å². The van der Waals surface area contributed by atoms with Crippen molar-refractivity contribution in [2.24, 2.45) is 0 Å². The van der Waals surface area contributed by atoms with Gasteiger partial charge in [-0.25, -0.2) is 9.97 Å². The van der Waals surface area contributed by atoms with E-state index < -0.39 is 0 Å². The molecule has 4 rings (SSSR count). The fourth-order valence-electron chi connectivity index (χ4n) is 3.21. The zero-order valence-electron chi connectivity index (χ0n) is 13.8. The van der Waals surface area contributed by atoms with Crippen LogP contribution in [0.3, 0.4) is 0 Å². The van der Waals surface area contributed by atoms with Crippen LogP contribution in [-0.4, -0.2) is 34.4 Å². The van der Waals surface area contributed by atoms with Gasteiger partial charge in [-0.05, 0) is 38.7 Å². The number of thiophene rings is 1. The highest BCUT2D eigenvalue weighted by atomic mass is 32.1. The fourth-order valence-corrected chi connectivity index (χ4v) is 4.35. The van der Waals surface area contributed by atoms with Gasteiger partial charge in [0.05, 0.1) is 10.6 Å². The molecule has 6 nitrogen and oxygen atoms in total. The second kappa shape index (κ2) is 5.81. The summed E-state index contributed by atoms with van der Waals surface area (Å²) >= 11 is 1.44. The number of nitrogens with one attached hydrogen (secondary N) is 2. The van der Waals surface area contributed by atoms with Crippen LogP contribution in [-0.2, 0) is 4.79 Å². The lowest BCUT2D eigenvalue weighted by Crippen LogP contribution is -2.47. The monoisotopic (exact) mass is 344 g/mol. The fraction of sp³-hybridized carbons (Fsp3) is 0.529. The number of aryl methyl sites for hydroxylation is 2. The number of carbonyl (C=O) groups excluding carboxylic acids is 2. The van der Waals surface area contributed by atoms with Gasteiger partial charge in [0.25, 0.3) is 5.91 Å². The topological polar surface area (TPSA) is 84.0 Å². The number of nitrogens with zero attached hydrogens (tertiary/aromatic N) is 2. The van der Waals surface area contributed by atoms with E-state index in [0.717, 1.165) is 40.1 Å². The second-order valence-corrected chi connectivity index (χ2v) is 7.69. The van der Waals surface area contributed by atoms with E-state index in [9.17, 15) is 9.59 Å². The molecule has 1 atom stereocenters. The summed E-state index contributed by atoms with van der Waals surface area (Å²) in [6.45, 7) is 4.46. The summed E-state index contributed by atoms with van der Waals surface area (Å²) in [5, 5.41) is 6.83. The minimum atomic E-state index is -0.0796. The first-order valence-corrected chi connectivity index (χ1v) is 9.19. The number of fused-ring (bicyclic) bond motifs is 1. The Balaban J connectivity index is 1.61. The summed E-state index contributed by atoms with van der Waals surface area (Å²) in [7, 11) is 0. The van der Waals surface area contributed by atoms with Crippen LogP contribution in [0.2, 0.25) is 0 Å². The van der Waals surface area contributed by atoms with Crippen molar-refractivity contribution < 1.29 is 9.59 Å². The Labute approximate surface area is 144 Å². The van der Waals surface area contributed by atoms with Crippen LogP contribution in [0, 0.1) is 13.8 Å². The normalized spacial score (nSPS) is 20.9. The maximum absolute atomic E-state index is 12.7. The van der Waals surface area contributed by atoms with Crippen molar-refractivity contribution in [3.05, 3.63) is 22.0 Å². The maximum atomic E-state index is 12.7. The predicted octanol–water partition coefficient (Wildman–Crippen LogP) is 2.19. The lowest BCUT2D eigenvalue weighted by atomic mass is 10.1. The Bertz CT molecular complexity index is 831. The maximum Gasteiger partial charge on any atom is 0.262 e. The minimum Gasteiger partial charge on any atom is -0.354 e. The largest absolute Gasteiger partial charge is 0.354 e. The lowest BCUT2D eigenvalue weighted by molar-refractivity contribution is -0.122. The van der Waals surface area contributed by atoms with Crippen molar-refractivity contribution in [1.29, 1.82) is 0 Å². The second-order valence-electron chi connectivity index (χ2n) is 6.69. The lowest BCUT2D eigenvalue weighted by Gasteiger charge is -2.23. The summed E-state index contributed by atoms with van der Waals surface area (Å²) < 4.78 is 0. The summed E-state index contributed by atoms with van der Waals surface area (Å²) in [6.07, 6.45) is 3.48. The Morgan fingerprint density at radius 2 is 2.04 bits per heavy atom. The first-order chi connectivity index (χ1) is 11.5. The van der Waals surface area contributed by atoms with Crippen LogP contribution in [0.4, 0.5) is 0 Å². The van der Waals surface area contributed by atoms with E-state index in [4.69, 9.17) is 0 Å². The van der Waals surface area contributed by atoms with Crippen LogP contribution in [0.1, 0.15) is 58.4 Å². The minimum absolute atomic E-state index is 0.00554. The number of carbonyl (C=O) groups is 2. The van der Waals surface area contributed by atoms with Gasteiger partial charge in [0.15, 0.2) is 0 Å². The summed E-state index contributed by atoms with van der Waals surface area (Å²) in [6, 6.07) is -0.00554. The van der Waals surface area contributed by atoms with Crippen molar-refractivity contribution >= 4 is 33.4 Å². The molecule has 3 heterocycles. The van der Waals surface area contributed by atoms with Gasteiger partial charge >= 0.3 is 0 Å². The van der Waals surface area contributed by atoms with Gasteiger partial charge < -0.3 is 10.6 Å². The van der Waals surface area contributed by atoms with Gasteiger partial charge in [-0.1, -0.05) is 0 Å². The SMILES string of the molecule is Cc1nc(C2CC2)nc2sc(C(=O)NC3CCC(=O)NC3)c(C)c12. The zero-order chi connectivity index (χ0) is 16.8. The van der Waals surface area contributed by atoms with Crippen molar-refractivity contribution in [3.63, 3.8) is 0 Å². The number of hydrogen-bond acceptors (Lipinski definition) is 5. The average molecular weight is 344 g/mol. The van der Waals surface area contributed by atoms with E-state index in [-0.39, 0.29) is 17.9 Å². The molecule has 0 aromatic carbocycles. The molecule has 1 aliphatic heterocycles. The molecule has 126 valence electrons. The number of piperidine rings is 1. The van der Waals surface area contributed by atoms with Gasteiger partial charge in [0, 0.05) is 30.3 Å². The molecule has 0 radical (unpaired) electrons. The molecule has 2 aromatic rings. The first kappa shape index (κ1) is 15.5. The predicted molar refractivity (Wildman–Crippen MR) is 92.4 cm³/mol. The third-order valence-corrected chi connectivity index (χ3v) is 5.92. The van der Waals surface area contributed by atoms with E-state index in [1.54, 1.807) is 0 Å². The van der Waals surface area contributed by atoms with Crippen LogP contribution in [0.25, 0.3) is 10.2 Å². The standard InChI is InChI=1S/C17H20N4O2S/c1-8-13-9(2)19-15(10-3-4-10)21-17(13)24-14(8)16(23)20-11-5-6-12(22)18-7-11/h10-11H,3-7H2,1-2H3,(H,18,22)(H,20,23). The van der Waals surface area contributed by atoms with Crippen LogP contribution < -0.4 is 10.6 Å². The van der Waals surface area contributed by atoms with E-state index in [1.807, 2.05) is 13.8 Å². The molecule has 1 aliphatic carbocycles. The highest BCUT2D eigenvalue weighted by Gasteiger charge is 2.29. The molecule has 2 amide bonds. The quantitative estimate of drug-likeness (QED) is 0.894. The van der Waals surface area contributed by atoms with Crippen molar-refractivity contribution in [3.8, 4) is 0 Å². The van der Waals surface area contributed by atoms with Gasteiger partial charge in [-0.2, -0.15) is 0 Å². The highest BCUT2D eigenvalue weighted by molar-refractivity contribution is 7.20. The average Bonchev–Trinajstić information content (AvgIpc) is 3.34. The Morgan fingerprint density at radius 1 is 1.25 bits per heavy atom. The Morgan fingerprint density at radius 3 is 2.71 bits per heavy atom. The number of hydrogen-bond donors (Lipinski definition) is 2. The molecule has 2 fully saturated rings. The molecule has 1 saturated heterocycles. The van der Waals surface area contributed by atoms with Crippen molar-refractivity contribution in [2.45, 2.75) is 51.5 Å². The van der Waals surface area contributed by atoms with Gasteiger partial charge in [-0.3, -0.25) is 9.59 Å². The molecular formula is C17H20N4O2S. The molecule has 2 aromatic heterocycles.